The zero-order valence-corrected chi connectivity index (χ0v) is 17.4. The number of aliphatic hydroxyl groups excluding tert-OH is 1. The summed E-state index contributed by atoms with van der Waals surface area (Å²) in [5, 5.41) is 12.0. The molecule has 1 saturated heterocycles. The second-order valence-corrected chi connectivity index (χ2v) is 7.54. The van der Waals surface area contributed by atoms with E-state index in [2.05, 4.69) is 15.3 Å². The van der Waals surface area contributed by atoms with Crippen LogP contribution in [0, 0.1) is 5.92 Å². The number of anilines is 2. The molecule has 2 atom stereocenters. The molecule has 2 unspecified atom stereocenters. The topological polar surface area (TPSA) is 136 Å². The molecule has 9 heteroatoms. The van der Waals surface area contributed by atoms with Crippen LogP contribution in [0.25, 0.3) is 11.3 Å². The van der Waals surface area contributed by atoms with Crippen LogP contribution in [0.5, 0.6) is 0 Å². The summed E-state index contributed by atoms with van der Waals surface area (Å²) >= 11 is 6.09. The molecule has 2 heterocycles. The first kappa shape index (κ1) is 23.0. The summed E-state index contributed by atoms with van der Waals surface area (Å²) in [5.74, 6) is -0.0459. The maximum atomic E-state index is 12.0. The first-order valence-electron chi connectivity index (χ1n) is 9.48. The first-order valence-corrected chi connectivity index (χ1v) is 9.86. The van der Waals surface area contributed by atoms with Gasteiger partial charge in [-0.2, -0.15) is 0 Å². The number of rotatable bonds is 4. The highest BCUT2D eigenvalue weighted by Gasteiger charge is 2.17. The molecule has 29 heavy (non-hydrogen) atoms. The van der Waals surface area contributed by atoms with Gasteiger partial charge < -0.3 is 26.6 Å². The minimum Gasteiger partial charge on any atom is -0.391 e. The van der Waals surface area contributed by atoms with Gasteiger partial charge in [0.15, 0.2) is 0 Å². The second kappa shape index (κ2) is 11.1. The quantitative estimate of drug-likeness (QED) is 0.595. The van der Waals surface area contributed by atoms with E-state index in [4.69, 9.17) is 32.9 Å². The predicted molar refractivity (Wildman–Crippen MR) is 114 cm³/mol. The van der Waals surface area contributed by atoms with Crippen LogP contribution >= 0.6 is 11.6 Å². The average Bonchev–Trinajstić information content (AvgIpc) is 2.70. The van der Waals surface area contributed by atoms with Crippen LogP contribution in [0.3, 0.4) is 0 Å². The van der Waals surface area contributed by atoms with E-state index in [1.54, 1.807) is 18.2 Å². The molecule has 0 spiro atoms. The number of hydrogen-bond donors (Lipinski definition) is 4. The summed E-state index contributed by atoms with van der Waals surface area (Å²) in [5.41, 5.74) is 13.3. The van der Waals surface area contributed by atoms with Crippen LogP contribution in [-0.4, -0.2) is 46.3 Å². The molecule has 3 rings (SSSR count). The van der Waals surface area contributed by atoms with Gasteiger partial charge in [0.2, 0.25) is 11.9 Å². The minimum atomic E-state index is -0.568. The Hall–Kier alpha value is -2.26. The number of aromatic nitrogens is 2. The number of benzene rings is 1. The number of carbonyl (C=O) groups is 1. The van der Waals surface area contributed by atoms with Crippen LogP contribution in [-0.2, 0) is 9.53 Å². The van der Waals surface area contributed by atoms with Crippen molar-refractivity contribution in [2.24, 2.45) is 11.7 Å². The molecule has 1 aliphatic heterocycles. The highest BCUT2D eigenvalue weighted by atomic mass is 35.5. The Labute approximate surface area is 175 Å². The Kier molecular flexibility index (Phi) is 8.78. The lowest BCUT2D eigenvalue weighted by atomic mass is 10.0. The van der Waals surface area contributed by atoms with E-state index >= 15 is 0 Å². The van der Waals surface area contributed by atoms with Crippen molar-refractivity contribution in [3.05, 3.63) is 35.5 Å². The van der Waals surface area contributed by atoms with Gasteiger partial charge in [-0.3, -0.25) is 4.79 Å². The van der Waals surface area contributed by atoms with Crippen molar-refractivity contribution in [3.8, 4) is 11.3 Å². The number of aliphatic hydroxyl groups is 1. The number of nitrogen functional groups attached to an aromatic ring is 1. The monoisotopic (exact) mass is 421 g/mol. The highest BCUT2D eigenvalue weighted by Crippen LogP contribution is 2.27. The minimum absolute atomic E-state index is 0.0549. The van der Waals surface area contributed by atoms with Gasteiger partial charge >= 0.3 is 0 Å². The van der Waals surface area contributed by atoms with Crippen molar-refractivity contribution in [3.63, 3.8) is 0 Å². The van der Waals surface area contributed by atoms with E-state index in [1.165, 1.54) is 6.20 Å². The molecule has 0 radical (unpaired) electrons. The molecule has 8 nitrogen and oxygen atoms in total. The van der Waals surface area contributed by atoms with E-state index in [1.807, 2.05) is 19.9 Å². The van der Waals surface area contributed by atoms with Crippen LogP contribution in [0.4, 0.5) is 11.6 Å². The van der Waals surface area contributed by atoms with Gasteiger partial charge in [-0.1, -0.05) is 37.6 Å². The molecule has 1 fully saturated rings. The van der Waals surface area contributed by atoms with Crippen molar-refractivity contribution in [1.82, 2.24) is 9.97 Å². The fourth-order valence-corrected chi connectivity index (χ4v) is 2.78. The number of nitrogens with zero attached hydrogens (tertiary/aromatic N) is 2. The molecule has 1 aliphatic rings. The number of nitrogens with one attached hydrogen (secondary N) is 1. The SMILES string of the molecule is CC(C)C(N)C(=O)Nc1cccc(-c2nc(N)ncc2Cl)c1.OC1CCCOC1. The molecule has 0 bridgehead atoms. The van der Waals surface area contributed by atoms with Crippen LogP contribution in [0.15, 0.2) is 30.5 Å². The van der Waals surface area contributed by atoms with Gasteiger partial charge in [0.25, 0.3) is 0 Å². The zero-order valence-electron chi connectivity index (χ0n) is 16.6. The summed E-state index contributed by atoms with van der Waals surface area (Å²) < 4.78 is 4.93. The van der Waals surface area contributed by atoms with E-state index in [0.717, 1.165) is 25.0 Å². The Balaban J connectivity index is 0.000000360. The van der Waals surface area contributed by atoms with Gasteiger partial charge in [0, 0.05) is 17.9 Å². The molecular weight excluding hydrogens is 394 g/mol. The molecule has 1 aromatic carbocycles. The van der Waals surface area contributed by atoms with E-state index in [0.29, 0.717) is 23.0 Å². The number of ether oxygens (including phenoxy) is 1. The standard InChI is InChI=1S/C15H18ClN5O.C5H10O2/c1-8(2)12(17)14(22)20-10-5-3-4-9(6-10)13-11(16)7-19-15(18)21-13;6-5-2-1-3-7-4-5/h3-8,12H,17H2,1-2H3,(H,20,22)(H2,18,19,21);5-6H,1-4H2. The number of carbonyl (C=O) groups excluding carboxylic acids is 1. The predicted octanol–water partition coefficient (Wildman–Crippen LogP) is 2.46. The van der Waals surface area contributed by atoms with Crippen LogP contribution < -0.4 is 16.8 Å². The van der Waals surface area contributed by atoms with Crippen molar-refractivity contribution in [2.75, 3.05) is 24.3 Å². The summed E-state index contributed by atoms with van der Waals surface area (Å²) in [7, 11) is 0. The molecule has 2 aromatic rings. The lowest BCUT2D eigenvalue weighted by molar-refractivity contribution is -0.118. The Morgan fingerprint density at radius 2 is 2.17 bits per heavy atom. The molecule has 0 aliphatic carbocycles. The summed E-state index contributed by atoms with van der Waals surface area (Å²) in [6.45, 7) is 5.16. The molecule has 0 saturated carbocycles. The summed E-state index contributed by atoms with van der Waals surface area (Å²) in [4.78, 5) is 20.0. The lowest BCUT2D eigenvalue weighted by Gasteiger charge is -2.15. The highest BCUT2D eigenvalue weighted by molar-refractivity contribution is 6.32. The zero-order chi connectivity index (χ0) is 21.4. The molecule has 1 aromatic heterocycles. The fourth-order valence-electron chi connectivity index (χ4n) is 2.58. The Morgan fingerprint density at radius 3 is 2.76 bits per heavy atom. The molecular formula is C20H28ClN5O3. The Morgan fingerprint density at radius 1 is 1.41 bits per heavy atom. The van der Waals surface area contributed by atoms with E-state index in [9.17, 15) is 4.79 Å². The normalized spacial score (nSPS) is 17.2. The Bertz CT molecular complexity index is 812. The number of amides is 1. The maximum Gasteiger partial charge on any atom is 0.241 e. The molecule has 6 N–H and O–H groups in total. The van der Waals surface area contributed by atoms with E-state index in [-0.39, 0.29) is 23.9 Å². The third-order valence-electron chi connectivity index (χ3n) is 4.32. The maximum absolute atomic E-state index is 12.0. The third kappa shape index (κ3) is 7.25. The van der Waals surface area contributed by atoms with Crippen molar-refractivity contribution in [1.29, 1.82) is 0 Å². The summed E-state index contributed by atoms with van der Waals surface area (Å²) in [6.07, 6.45) is 3.19. The molecule has 158 valence electrons. The van der Waals surface area contributed by atoms with Crippen LogP contribution in [0.1, 0.15) is 26.7 Å². The summed E-state index contributed by atoms with van der Waals surface area (Å²) in [6, 6.07) is 6.58. The largest absolute Gasteiger partial charge is 0.391 e. The van der Waals surface area contributed by atoms with Gasteiger partial charge in [0.1, 0.15) is 0 Å². The number of hydrogen-bond acceptors (Lipinski definition) is 7. The van der Waals surface area contributed by atoms with Gasteiger partial charge in [-0.05, 0) is 30.9 Å². The number of halogens is 1. The third-order valence-corrected chi connectivity index (χ3v) is 4.60. The number of nitrogens with two attached hydrogens (primary N) is 2. The van der Waals surface area contributed by atoms with Gasteiger partial charge in [0.05, 0.1) is 35.7 Å². The van der Waals surface area contributed by atoms with Crippen molar-refractivity contribution < 1.29 is 14.6 Å². The average molecular weight is 422 g/mol. The smallest absolute Gasteiger partial charge is 0.241 e. The first-order chi connectivity index (χ1) is 13.8. The van der Waals surface area contributed by atoms with Crippen molar-refractivity contribution in [2.45, 2.75) is 38.8 Å². The van der Waals surface area contributed by atoms with Gasteiger partial charge in [-0.25, -0.2) is 9.97 Å². The fraction of sp³-hybridized carbons (Fsp3) is 0.450. The van der Waals surface area contributed by atoms with Crippen LogP contribution in [0.2, 0.25) is 5.02 Å². The van der Waals surface area contributed by atoms with Gasteiger partial charge in [-0.15, -0.1) is 0 Å². The lowest BCUT2D eigenvalue weighted by Crippen LogP contribution is -2.39. The van der Waals surface area contributed by atoms with E-state index < -0.39 is 6.04 Å². The molecule has 1 amide bonds. The van der Waals surface area contributed by atoms with Crippen molar-refractivity contribution >= 4 is 29.1 Å². The second-order valence-electron chi connectivity index (χ2n) is 7.14.